The highest BCUT2D eigenvalue weighted by atomic mass is 35.5. The molecule has 1 aromatic heterocycles. The number of nitrogens with zero attached hydrogens (tertiary/aromatic N) is 3. The SMILES string of the molecule is Cc1ccc2nc(C(C)Cl)n(-c3cccc(C#N)c3)c2c1. The zero-order valence-electron chi connectivity index (χ0n) is 11.8. The van der Waals surface area contributed by atoms with Crippen LogP contribution in [0, 0.1) is 18.3 Å². The molecule has 2 aromatic carbocycles. The van der Waals surface area contributed by atoms with Crippen LogP contribution >= 0.6 is 11.6 Å². The fraction of sp³-hybridized carbons (Fsp3) is 0.176. The van der Waals surface area contributed by atoms with Crippen LogP contribution in [0.2, 0.25) is 0 Å². The smallest absolute Gasteiger partial charge is 0.132 e. The van der Waals surface area contributed by atoms with Gasteiger partial charge >= 0.3 is 0 Å². The third kappa shape index (κ3) is 2.39. The molecule has 1 atom stereocenters. The summed E-state index contributed by atoms with van der Waals surface area (Å²) in [5, 5.41) is 8.88. The molecule has 0 aliphatic heterocycles. The molecular weight excluding hydrogens is 282 g/mol. The highest BCUT2D eigenvalue weighted by molar-refractivity contribution is 6.20. The van der Waals surface area contributed by atoms with Crippen LogP contribution in [-0.2, 0) is 0 Å². The van der Waals surface area contributed by atoms with E-state index in [2.05, 4.69) is 17.1 Å². The number of rotatable bonds is 2. The molecular formula is C17H14ClN3. The Hall–Kier alpha value is -2.31. The first-order valence-electron chi connectivity index (χ1n) is 6.74. The number of alkyl halides is 1. The van der Waals surface area contributed by atoms with Crippen LogP contribution in [0.5, 0.6) is 0 Å². The predicted octanol–water partition coefficient (Wildman–Crippen LogP) is 4.51. The molecule has 1 unspecified atom stereocenters. The summed E-state index contributed by atoms with van der Waals surface area (Å²) in [6, 6.07) is 15.8. The first kappa shape index (κ1) is 13.7. The average molecular weight is 296 g/mol. The lowest BCUT2D eigenvalue weighted by molar-refractivity contribution is 0.882. The number of imidazole rings is 1. The lowest BCUT2D eigenvalue weighted by Crippen LogP contribution is -2.02. The van der Waals surface area contributed by atoms with Crippen molar-refractivity contribution in [3.05, 3.63) is 59.4 Å². The van der Waals surface area contributed by atoms with Gasteiger partial charge in [0.15, 0.2) is 0 Å². The van der Waals surface area contributed by atoms with Crippen LogP contribution in [0.25, 0.3) is 16.7 Å². The molecule has 3 rings (SSSR count). The van der Waals surface area contributed by atoms with Crippen molar-refractivity contribution in [1.29, 1.82) is 5.26 Å². The Morgan fingerprint density at radius 2 is 2.05 bits per heavy atom. The number of aromatic nitrogens is 2. The van der Waals surface area contributed by atoms with E-state index in [1.54, 1.807) is 6.07 Å². The Morgan fingerprint density at radius 1 is 1.24 bits per heavy atom. The van der Waals surface area contributed by atoms with Crippen LogP contribution in [0.15, 0.2) is 42.5 Å². The van der Waals surface area contributed by atoms with E-state index >= 15 is 0 Å². The fourth-order valence-electron chi connectivity index (χ4n) is 2.46. The molecule has 104 valence electrons. The van der Waals surface area contributed by atoms with Gasteiger partial charge in [-0.3, -0.25) is 4.57 Å². The third-order valence-corrected chi connectivity index (χ3v) is 3.62. The molecule has 0 aliphatic rings. The molecule has 0 aliphatic carbocycles. The zero-order chi connectivity index (χ0) is 15.0. The summed E-state index contributed by atoms with van der Waals surface area (Å²) >= 11 is 6.29. The molecule has 0 amide bonds. The first-order valence-corrected chi connectivity index (χ1v) is 7.17. The Kier molecular flexibility index (Phi) is 3.40. The van der Waals surface area contributed by atoms with Gasteiger partial charge in [-0.2, -0.15) is 5.26 Å². The second kappa shape index (κ2) is 5.23. The van der Waals surface area contributed by atoms with Crippen molar-refractivity contribution in [3.63, 3.8) is 0 Å². The normalized spacial score (nSPS) is 12.3. The number of hydrogen-bond donors (Lipinski definition) is 0. The number of benzene rings is 2. The van der Waals surface area contributed by atoms with E-state index in [0.717, 1.165) is 28.1 Å². The summed E-state index contributed by atoms with van der Waals surface area (Å²) in [5.41, 5.74) is 4.60. The number of halogens is 1. The minimum atomic E-state index is -0.219. The molecule has 21 heavy (non-hydrogen) atoms. The van der Waals surface area contributed by atoms with Crippen molar-refractivity contribution in [2.45, 2.75) is 19.2 Å². The van der Waals surface area contributed by atoms with Crippen LogP contribution < -0.4 is 0 Å². The van der Waals surface area contributed by atoms with Crippen molar-refractivity contribution in [1.82, 2.24) is 9.55 Å². The maximum Gasteiger partial charge on any atom is 0.132 e. The van der Waals surface area contributed by atoms with E-state index < -0.39 is 0 Å². The average Bonchev–Trinajstić information content (AvgIpc) is 2.86. The summed E-state index contributed by atoms with van der Waals surface area (Å²) in [7, 11) is 0. The Morgan fingerprint density at radius 3 is 2.76 bits per heavy atom. The topological polar surface area (TPSA) is 41.6 Å². The predicted molar refractivity (Wildman–Crippen MR) is 84.8 cm³/mol. The van der Waals surface area contributed by atoms with E-state index in [-0.39, 0.29) is 5.38 Å². The van der Waals surface area contributed by atoms with Crippen molar-refractivity contribution in [2.75, 3.05) is 0 Å². The lowest BCUT2D eigenvalue weighted by atomic mass is 10.2. The first-order chi connectivity index (χ1) is 10.1. The molecule has 0 spiro atoms. The molecule has 0 saturated heterocycles. The zero-order valence-corrected chi connectivity index (χ0v) is 12.6. The molecule has 4 heteroatoms. The van der Waals surface area contributed by atoms with E-state index in [1.165, 1.54) is 0 Å². The van der Waals surface area contributed by atoms with Gasteiger partial charge in [0.1, 0.15) is 5.82 Å². The molecule has 0 radical (unpaired) electrons. The second-order valence-corrected chi connectivity index (χ2v) is 5.73. The van der Waals surface area contributed by atoms with E-state index in [0.29, 0.717) is 5.56 Å². The van der Waals surface area contributed by atoms with E-state index in [4.69, 9.17) is 16.9 Å². The Labute approximate surface area is 128 Å². The largest absolute Gasteiger partial charge is 0.295 e. The quantitative estimate of drug-likeness (QED) is 0.653. The van der Waals surface area contributed by atoms with Crippen molar-refractivity contribution in [2.24, 2.45) is 0 Å². The van der Waals surface area contributed by atoms with Crippen LogP contribution in [0.3, 0.4) is 0 Å². The summed E-state index contributed by atoms with van der Waals surface area (Å²) in [6.45, 7) is 3.95. The van der Waals surface area contributed by atoms with Gasteiger partial charge in [0.05, 0.1) is 28.0 Å². The van der Waals surface area contributed by atoms with Gasteiger partial charge in [-0.15, -0.1) is 11.6 Å². The monoisotopic (exact) mass is 295 g/mol. The maximum atomic E-state index is 9.09. The standard InChI is InChI=1S/C17H14ClN3/c1-11-6-7-15-16(8-11)21(17(20-15)12(2)18)14-5-3-4-13(9-14)10-19/h3-9,12H,1-2H3. The summed E-state index contributed by atoms with van der Waals surface area (Å²) in [6.07, 6.45) is 0. The van der Waals surface area contributed by atoms with Gasteiger partial charge in [-0.25, -0.2) is 4.98 Å². The minimum Gasteiger partial charge on any atom is -0.295 e. The number of nitriles is 1. The second-order valence-electron chi connectivity index (χ2n) is 5.08. The van der Waals surface area contributed by atoms with Crippen LogP contribution in [0.1, 0.15) is 29.3 Å². The Balaban J connectivity index is 2.35. The summed E-state index contributed by atoms with van der Waals surface area (Å²) in [4.78, 5) is 4.63. The molecule has 0 fully saturated rings. The van der Waals surface area contributed by atoms with E-state index in [9.17, 15) is 0 Å². The van der Waals surface area contributed by atoms with Crippen molar-refractivity contribution < 1.29 is 0 Å². The number of hydrogen-bond acceptors (Lipinski definition) is 2. The van der Waals surface area contributed by atoms with Gasteiger partial charge in [-0.1, -0.05) is 12.1 Å². The lowest BCUT2D eigenvalue weighted by Gasteiger charge is -2.11. The van der Waals surface area contributed by atoms with Crippen molar-refractivity contribution >= 4 is 22.6 Å². The van der Waals surface area contributed by atoms with Gasteiger partial charge in [0.25, 0.3) is 0 Å². The molecule has 3 nitrogen and oxygen atoms in total. The Bertz CT molecular complexity index is 856. The number of fused-ring (bicyclic) bond motifs is 1. The minimum absolute atomic E-state index is 0.219. The number of aryl methyl sites for hydroxylation is 1. The van der Waals surface area contributed by atoms with Gasteiger partial charge in [0.2, 0.25) is 0 Å². The maximum absolute atomic E-state index is 9.09. The van der Waals surface area contributed by atoms with Crippen LogP contribution in [0.4, 0.5) is 0 Å². The highest BCUT2D eigenvalue weighted by Gasteiger charge is 2.16. The molecule has 3 aromatic rings. The summed E-state index contributed by atoms with van der Waals surface area (Å²) in [5.74, 6) is 0.785. The molecule has 0 N–H and O–H groups in total. The summed E-state index contributed by atoms with van der Waals surface area (Å²) < 4.78 is 2.03. The van der Waals surface area contributed by atoms with Gasteiger partial charge < -0.3 is 0 Å². The fourth-order valence-corrected chi connectivity index (χ4v) is 2.60. The van der Waals surface area contributed by atoms with Crippen molar-refractivity contribution in [3.8, 4) is 11.8 Å². The molecule has 1 heterocycles. The van der Waals surface area contributed by atoms with E-state index in [1.807, 2.05) is 48.7 Å². The van der Waals surface area contributed by atoms with Gasteiger partial charge in [-0.05, 0) is 49.7 Å². The molecule has 0 saturated carbocycles. The van der Waals surface area contributed by atoms with Crippen LogP contribution in [-0.4, -0.2) is 9.55 Å². The molecule has 0 bridgehead atoms. The van der Waals surface area contributed by atoms with Gasteiger partial charge in [0, 0.05) is 5.69 Å². The highest BCUT2D eigenvalue weighted by Crippen LogP contribution is 2.29. The third-order valence-electron chi connectivity index (χ3n) is 3.43.